The number of aromatic nitrogens is 2. The standard InChI is InChI=1S/C26H23ClN4O3/c1-34-17-24(32)28-21-11-13-22(14-12-21)29-26(33)23-16-31(15-18-5-3-2-4-6-18)30-25(23)19-7-9-20(27)10-8-19/h2-14,16H,15,17H2,1H3,(H,28,32)(H,29,33). The summed E-state index contributed by atoms with van der Waals surface area (Å²) in [6.07, 6.45) is 1.74. The van der Waals surface area contributed by atoms with Crippen molar-refractivity contribution in [3.63, 3.8) is 0 Å². The van der Waals surface area contributed by atoms with E-state index in [4.69, 9.17) is 16.3 Å². The van der Waals surface area contributed by atoms with Gasteiger partial charge in [-0.25, -0.2) is 0 Å². The van der Waals surface area contributed by atoms with Gasteiger partial charge in [-0.2, -0.15) is 5.10 Å². The lowest BCUT2D eigenvalue weighted by molar-refractivity contribution is -0.119. The summed E-state index contributed by atoms with van der Waals surface area (Å²) in [5, 5.41) is 10.9. The summed E-state index contributed by atoms with van der Waals surface area (Å²) in [5.41, 5.74) is 4.07. The molecular formula is C26H23ClN4O3. The van der Waals surface area contributed by atoms with Crippen molar-refractivity contribution in [3.8, 4) is 11.3 Å². The van der Waals surface area contributed by atoms with Crippen LogP contribution in [0.15, 0.2) is 85.1 Å². The van der Waals surface area contributed by atoms with Crippen LogP contribution in [0.2, 0.25) is 5.02 Å². The minimum Gasteiger partial charge on any atom is -0.375 e. The first-order valence-electron chi connectivity index (χ1n) is 10.6. The summed E-state index contributed by atoms with van der Waals surface area (Å²) in [5.74, 6) is -0.543. The molecule has 0 unspecified atom stereocenters. The van der Waals surface area contributed by atoms with Crippen LogP contribution < -0.4 is 10.6 Å². The van der Waals surface area contributed by atoms with Gasteiger partial charge in [0.05, 0.1) is 12.1 Å². The van der Waals surface area contributed by atoms with Crippen molar-refractivity contribution < 1.29 is 14.3 Å². The van der Waals surface area contributed by atoms with E-state index in [1.165, 1.54) is 7.11 Å². The Bertz CT molecular complexity index is 1270. The Morgan fingerprint density at radius 2 is 1.56 bits per heavy atom. The van der Waals surface area contributed by atoms with Crippen LogP contribution in [0.1, 0.15) is 15.9 Å². The van der Waals surface area contributed by atoms with Gasteiger partial charge in [0.15, 0.2) is 0 Å². The fourth-order valence-electron chi connectivity index (χ4n) is 3.42. The maximum atomic E-state index is 13.2. The third kappa shape index (κ3) is 5.89. The zero-order valence-electron chi connectivity index (χ0n) is 18.5. The van der Waals surface area contributed by atoms with Crippen molar-refractivity contribution in [2.75, 3.05) is 24.4 Å². The van der Waals surface area contributed by atoms with Gasteiger partial charge in [0.25, 0.3) is 5.91 Å². The van der Waals surface area contributed by atoms with E-state index in [9.17, 15) is 9.59 Å². The van der Waals surface area contributed by atoms with Crippen LogP contribution in [0.5, 0.6) is 0 Å². The number of benzene rings is 3. The molecular weight excluding hydrogens is 452 g/mol. The SMILES string of the molecule is COCC(=O)Nc1ccc(NC(=O)c2cn(Cc3ccccc3)nc2-c2ccc(Cl)cc2)cc1. The number of anilines is 2. The first-order valence-corrected chi connectivity index (χ1v) is 11.0. The van der Waals surface area contributed by atoms with E-state index < -0.39 is 0 Å². The van der Waals surface area contributed by atoms with Gasteiger partial charge in [-0.15, -0.1) is 0 Å². The summed E-state index contributed by atoms with van der Waals surface area (Å²) < 4.78 is 6.56. The molecule has 2 amide bonds. The average Bonchev–Trinajstić information content (AvgIpc) is 3.25. The van der Waals surface area contributed by atoms with E-state index in [0.717, 1.165) is 11.1 Å². The number of nitrogens with zero attached hydrogens (tertiary/aromatic N) is 2. The van der Waals surface area contributed by atoms with E-state index >= 15 is 0 Å². The van der Waals surface area contributed by atoms with Crippen molar-refractivity contribution in [1.29, 1.82) is 0 Å². The number of hydrogen-bond acceptors (Lipinski definition) is 4. The normalized spacial score (nSPS) is 10.6. The van der Waals surface area contributed by atoms with Crippen LogP contribution in [-0.2, 0) is 16.1 Å². The summed E-state index contributed by atoms with van der Waals surface area (Å²) in [6.45, 7) is 0.503. The highest BCUT2D eigenvalue weighted by atomic mass is 35.5. The number of hydrogen-bond donors (Lipinski definition) is 2. The fourth-order valence-corrected chi connectivity index (χ4v) is 3.55. The van der Waals surface area contributed by atoms with Gasteiger partial charge < -0.3 is 15.4 Å². The first kappa shape index (κ1) is 23.2. The molecule has 1 aromatic heterocycles. The number of ether oxygens (including phenoxy) is 1. The van der Waals surface area contributed by atoms with Crippen LogP contribution in [0, 0.1) is 0 Å². The molecule has 172 valence electrons. The monoisotopic (exact) mass is 474 g/mol. The van der Waals surface area contributed by atoms with Gasteiger partial charge in [-0.05, 0) is 42.0 Å². The zero-order valence-corrected chi connectivity index (χ0v) is 19.3. The second-order valence-corrected chi connectivity index (χ2v) is 8.03. The van der Waals surface area contributed by atoms with Crippen molar-refractivity contribution >= 4 is 34.8 Å². The highest BCUT2D eigenvalue weighted by molar-refractivity contribution is 6.30. The molecule has 1 heterocycles. The highest BCUT2D eigenvalue weighted by Crippen LogP contribution is 2.25. The molecule has 3 aromatic carbocycles. The van der Waals surface area contributed by atoms with Gasteiger partial charge in [-0.1, -0.05) is 54.1 Å². The van der Waals surface area contributed by atoms with E-state index in [1.54, 1.807) is 47.3 Å². The van der Waals surface area contributed by atoms with Crippen molar-refractivity contribution in [2.24, 2.45) is 0 Å². The number of carbonyl (C=O) groups excluding carboxylic acids is 2. The second kappa shape index (κ2) is 10.8. The van der Waals surface area contributed by atoms with Gasteiger partial charge in [-0.3, -0.25) is 14.3 Å². The van der Waals surface area contributed by atoms with E-state index in [2.05, 4.69) is 15.7 Å². The second-order valence-electron chi connectivity index (χ2n) is 7.59. The smallest absolute Gasteiger partial charge is 0.259 e. The molecule has 2 N–H and O–H groups in total. The van der Waals surface area contributed by atoms with Gasteiger partial charge >= 0.3 is 0 Å². The lowest BCUT2D eigenvalue weighted by Gasteiger charge is -2.08. The van der Waals surface area contributed by atoms with Crippen LogP contribution in [-0.4, -0.2) is 35.3 Å². The summed E-state index contributed by atoms with van der Waals surface area (Å²) >= 11 is 6.05. The van der Waals surface area contributed by atoms with Gasteiger partial charge in [0, 0.05) is 35.3 Å². The molecule has 0 fully saturated rings. The molecule has 0 saturated heterocycles. The Balaban J connectivity index is 1.57. The van der Waals surface area contributed by atoms with Crippen LogP contribution in [0.3, 0.4) is 0 Å². The van der Waals surface area contributed by atoms with E-state index in [1.807, 2.05) is 42.5 Å². The largest absolute Gasteiger partial charge is 0.375 e. The molecule has 0 saturated carbocycles. The predicted molar refractivity (Wildman–Crippen MR) is 133 cm³/mol. The van der Waals surface area contributed by atoms with E-state index in [0.29, 0.717) is 34.2 Å². The molecule has 0 aliphatic rings. The Kier molecular flexibility index (Phi) is 7.37. The molecule has 4 rings (SSSR count). The summed E-state index contributed by atoms with van der Waals surface area (Å²) in [4.78, 5) is 24.9. The molecule has 0 aliphatic carbocycles. The molecule has 0 spiro atoms. The third-order valence-corrected chi connectivity index (χ3v) is 5.27. The van der Waals surface area contributed by atoms with Gasteiger partial charge in [0.2, 0.25) is 5.91 Å². The maximum Gasteiger partial charge on any atom is 0.259 e. The van der Waals surface area contributed by atoms with Gasteiger partial charge in [0.1, 0.15) is 12.3 Å². The molecule has 0 radical (unpaired) electrons. The Labute approximate surface area is 202 Å². The average molecular weight is 475 g/mol. The van der Waals surface area contributed by atoms with Crippen LogP contribution >= 0.6 is 11.6 Å². The summed E-state index contributed by atoms with van der Waals surface area (Å²) in [6, 6.07) is 24.0. The zero-order chi connectivity index (χ0) is 23.9. The summed E-state index contributed by atoms with van der Waals surface area (Å²) in [7, 11) is 1.46. The molecule has 8 heteroatoms. The topological polar surface area (TPSA) is 85.3 Å². The number of amides is 2. The Hall–Kier alpha value is -3.94. The predicted octanol–water partition coefficient (Wildman–Crippen LogP) is 5.09. The number of rotatable bonds is 8. The first-order chi connectivity index (χ1) is 16.5. The highest BCUT2D eigenvalue weighted by Gasteiger charge is 2.18. The minimum atomic E-state index is -0.291. The molecule has 0 aliphatic heterocycles. The number of carbonyl (C=O) groups is 2. The van der Waals surface area contributed by atoms with E-state index in [-0.39, 0.29) is 18.4 Å². The molecule has 34 heavy (non-hydrogen) atoms. The minimum absolute atomic E-state index is 0.0288. The number of halogens is 1. The third-order valence-electron chi connectivity index (χ3n) is 5.01. The molecule has 0 bridgehead atoms. The Morgan fingerprint density at radius 3 is 2.21 bits per heavy atom. The van der Waals surface area contributed by atoms with Crippen molar-refractivity contribution in [3.05, 3.63) is 101 Å². The Morgan fingerprint density at radius 1 is 0.912 bits per heavy atom. The lowest BCUT2D eigenvalue weighted by Crippen LogP contribution is -2.17. The molecule has 0 atom stereocenters. The maximum absolute atomic E-state index is 13.2. The number of methoxy groups -OCH3 is 1. The lowest BCUT2D eigenvalue weighted by atomic mass is 10.1. The number of nitrogens with one attached hydrogen (secondary N) is 2. The van der Waals surface area contributed by atoms with Crippen molar-refractivity contribution in [2.45, 2.75) is 6.54 Å². The van der Waals surface area contributed by atoms with Crippen molar-refractivity contribution in [1.82, 2.24) is 9.78 Å². The molecule has 7 nitrogen and oxygen atoms in total. The fraction of sp³-hybridized carbons (Fsp3) is 0.115. The molecule has 4 aromatic rings. The quantitative estimate of drug-likeness (QED) is 0.372. The van der Waals surface area contributed by atoms with Crippen LogP contribution in [0.25, 0.3) is 11.3 Å². The van der Waals surface area contributed by atoms with Crippen LogP contribution in [0.4, 0.5) is 11.4 Å².